The zero-order valence-corrected chi connectivity index (χ0v) is 30.4. The van der Waals surface area contributed by atoms with Crippen molar-refractivity contribution in [2.75, 3.05) is 39.5 Å². The van der Waals surface area contributed by atoms with Gasteiger partial charge in [-0.25, -0.2) is 0 Å². The van der Waals surface area contributed by atoms with Crippen molar-refractivity contribution in [1.82, 2.24) is 9.80 Å². The number of ketones is 1. The SMILES string of the molecule is CCCCCCCCOC(=O)CN(CC(=O)OCCCCCCCC)CC(=O)OCC1CCC(CCC(=O)CC)N1C(=O)C(C)CC. The minimum Gasteiger partial charge on any atom is -0.465 e. The summed E-state index contributed by atoms with van der Waals surface area (Å²) in [5, 5.41) is 0. The highest BCUT2D eigenvalue weighted by atomic mass is 16.5. The topological polar surface area (TPSA) is 120 Å². The number of carbonyl (C=O) groups excluding carboxylic acids is 5. The van der Waals surface area contributed by atoms with Crippen LogP contribution < -0.4 is 0 Å². The molecule has 0 bridgehead atoms. The number of rotatable bonds is 28. The Morgan fingerprint density at radius 2 is 1.13 bits per heavy atom. The predicted octanol–water partition coefficient (Wildman–Crippen LogP) is 6.80. The molecular weight excluding hydrogens is 600 g/mol. The Hall–Kier alpha value is -2.49. The van der Waals surface area contributed by atoms with Gasteiger partial charge in [-0.2, -0.15) is 0 Å². The molecule has 1 fully saturated rings. The van der Waals surface area contributed by atoms with Gasteiger partial charge in [-0.15, -0.1) is 0 Å². The highest BCUT2D eigenvalue weighted by Gasteiger charge is 2.38. The van der Waals surface area contributed by atoms with E-state index in [1.165, 1.54) is 43.4 Å². The number of Topliss-reactive ketones (excluding diaryl/α,β-unsaturated/α-hetero) is 1. The number of unbranched alkanes of at least 4 members (excludes halogenated alkanes) is 10. The van der Waals surface area contributed by atoms with Crippen molar-refractivity contribution in [3.8, 4) is 0 Å². The van der Waals surface area contributed by atoms with Crippen molar-refractivity contribution in [3.05, 3.63) is 0 Å². The Balaban J connectivity index is 2.74. The first-order valence-corrected chi connectivity index (χ1v) is 18.7. The average molecular weight is 667 g/mol. The van der Waals surface area contributed by atoms with Crippen LogP contribution in [0, 0.1) is 5.92 Å². The van der Waals surface area contributed by atoms with Gasteiger partial charge in [0, 0.05) is 24.8 Å². The quantitative estimate of drug-likeness (QED) is 0.0504. The van der Waals surface area contributed by atoms with Crippen molar-refractivity contribution in [2.24, 2.45) is 5.92 Å². The van der Waals surface area contributed by atoms with Crippen LogP contribution in [0.4, 0.5) is 0 Å². The van der Waals surface area contributed by atoms with Crippen LogP contribution in [0.15, 0.2) is 0 Å². The van der Waals surface area contributed by atoms with E-state index in [2.05, 4.69) is 13.8 Å². The second-order valence-electron chi connectivity index (χ2n) is 13.2. The van der Waals surface area contributed by atoms with Gasteiger partial charge in [-0.05, 0) is 38.5 Å². The normalized spacial score (nSPS) is 16.7. The molecule has 0 aromatic heterocycles. The summed E-state index contributed by atoms with van der Waals surface area (Å²) in [7, 11) is 0. The Labute approximate surface area is 285 Å². The number of amides is 1. The fraction of sp³-hybridized carbons (Fsp3) is 0.865. The highest BCUT2D eigenvalue weighted by Crippen LogP contribution is 2.30. The molecule has 272 valence electrons. The summed E-state index contributed by atoms with van der Waals surface area (Å²) in [6.45, 7) is 9.94. The molecule has 10 heteroatoms. The van der Waals surface area contributed by atoms with Crippen molar-refractivity contribution >= 4 is 29.6 Å². The molecule has 1 aliphatic rings. The molecule has 0 saturated carbocycles. The third kappa shape index (κ3) is 19.2. The molecule has 0 spiro atoms. The molecule has 0 N–H and O–H groups in total. The van der Waals surface area contributed by atoms with Gasteiger partial charge in [-0.3, -0.25) is 28.9 Å². The van der Waals surface area contributed by atoms with Crippen LogP contribution >= 0.6 is 0 Å². The van der Waals surface area contributed by atoms with Crippen LogP contribution in [0.25, 0.3) is 0 Å². The second-order valence-corrected chi connectivity index (χ2v) is 13.2. The number of hydrogen-bond acceptors (Lipinski definition) is 9. The number of nitrogens with zero attached hydrogens (tertiary/aromatic N) is 2. The summed E-state index contributed by atoms with van der Waals surface area (Å²) >= 11 is 0. The van der Waals surface area contributed by atoms with Gasteiger partial charge in [0.25, 0.3) is 0 Å². The third-order valence-corrected chi connectivity index (χ3v) is 9.08. The minimum absolute atomic E-state index is 0.0165. The van der Waals surface area contributed by atoms with Crippen LogP contribution in [-0.4, -0.2) is 90.9 Å². The van der Waals surface area contributed by atoms with Gasteiger partial charge in [-0.1, -0.05) is 98.8 Å². The smallest absolute Gasteiger partial charge is 0.320 e. The molecule has 0 aromatic carbocycles. The molecule has 0 aliphatic carbocycles. The molecule has 1 amide bonds. The number of likely N-dealkylation sites (tertiary alicyclic amines) is 1. The zero-order valence-electron chi connectivity index (χ0n) is 30.4. The van der Waals surface area contributed by atoms with E-state index >= 15 is 0 Å². The van der Waals surface area contributed by atoms with Crippen molar-refractivity contribution < 1.29 is 38.2 Å². The number of esters is 3. The molecule has 1 aliphatic heterocycles. The average Bonchev–Trinajstić information content (AvgIpc) is 3.47. The van der Waals surface area contributed by atoms with Gasteiger partial charge in [0.1, 0.15) is 12.4 Å². The number of ether oxygens (including phenoxy) is 3. The zero-order chi connectivity index (χ0) is 34.9. The fourth-order valence-electron chi connectivity index (χ4n) is 5.88. The minimum atomic E-state index is -0.585. The van der Waals surface area contributed by atoms with Crippen molar-refractivity contribution in [2.45, 2.75) is 162 Å². The first-order valence-electron chi connectivity index (χ1n) is 18.7. The first-order chi connectivity index (χ1) is 22.7. The highest BCUT2D eigenvalue weighted by molar-refractivity contribution is 5.81. The molecule has 1 heterocycles. The van der Waals surface area contributed by atoms with E-state index in [4.69, 9.17) is 14.2 Å². The lowest BCUT2D eigenvalue weighted by atomic mass is 10.0. The van der Waals surface area contributed by atoms with E-state index in [0.717, 1.165) is 44.9 Å². The second kappa shape index (κ2) is 26.5. The Morgan fingerprint density at radius 3 is 1.62 bits per heavy atom. The summed E-state index contributed by atoms with van der Waals surface area (Å²) in [4.78, 5) is 66.9. The molecule has 3 atom stereocenters. The Kier molecular flexibility index (Phi) is 23.9. The fourth-order valence-corrected chi connectivity index (χ4v) is 5.88. The van der Waals surface area contributed by atoms with E-state index in [0.29, 0.717) is 45.3 Å². The van der Waals surface area contributed by atoms with Crippen LogP contribution in [0.5, 0.6) is 0 Å². The lowest BCUT2D eigenvalue weighted by Crippen LogP contribution is -2.46. The molecule has 3 unspecified atom stereocenters. The largest absolute Gasteiger partial charge is 0.465 e. The summed E-state index contributed by atoms with van der Waals surface area (Å²) < 4.78 is 16.5. The maximum Gasteiger partial charge on any atom is 0.320 e. The molecule has 0 aromatic rings. The summed E-state index contributed by atoms with van der Waals surface area (Å²) in [6, 6.07) is -0.338. The van der Waals surface area contributed by atoms with Gasteiger partial charge in [0.2, 0.25) is 5.91 Å². The third-order valence-electron chi connectivity index (χ3n) is 9.08. The summed E-state index contributed by atoms with van der Waals surface area (Å²) in [5.41, 5.74) is 0. The maximum absolute atomic E-state index is 13.3. The molecule has 1 saturated heterocycles. The monoisotopic (exact) mass is 666 g/mol. The van der Waals surface area contributed by atoms with E-state index in [-0.39, 0.29) is 55.9 Å². The lowest BCUT2D eigenvalue weighted by molar-refractivity contribution is -0.154. The standard InChI is InChI=1S/C37H66N2O8/c1-6-10-12-14-16-18-24-45-34(41)26-38(27-35(42)46-25-19-17-15-13-11-7-2)28-36(43)47-29-32-21-20-31(22-23-33(40)9-4)39(32)37(44)30(5)8-3/h30-32H,6-29H2,1-5H3. The van der Waals surface area contributed by atoms with Crippen LogP contribution in [-0.2, 0) is 38.2 Å². The van der Waals surface area contributed by atoms with E-state index in [1.807, 2.05) is 25.7 Å². The molecular formula is C37H66N2O8. The Morgan fingerprint density at radius 1 is 0.660 bits per heavy atom. The van der Waals surface area contributed by atoms with Gasteiger partial charge < -0.3 is 19.1 Å². The van der Waals surface area contributed by atoms with Gasteiger partial charge in [0.15, 0.2) is 0 Å². The predicted molar refractivity (Wildman–Crippen MR) is 184 cm³/mol. The molecule has 47 heavy (non-hydrogen) atoms. The van der Waals surface area contributed by atoms with E-state index < -0.39 is 17.9 Å². The molecule has 1 rings (SSSR count). The van der Waals surface area contributed by atoms with E-state index in [9.17, 15) is 24.0 Å². The van der Waals surface area contributed by atoms with Crippen molar-refractivity contribution in [3.63, 3.8) is 0 Å². The summed E-state index contributed by atoms with van der Waals surface area (Å²) in [6.07, 6.45) is 16.5. The maximum atomic E-state index is 13.3. The Bertz CT molecular complexity index is 879. The molecule has 10 nitrogen and oxygen atoms in total. The first kappa shape index (κ1) is 42.5. The van der Waals surface area contributed by atoms with Gasteiger partial charge >= 0.3 is 17.9 Å². The lowest BCUT2D eigenvalue weighted by Gasteiger charge is -2.32. The van der Waals surface area contributed by atoms with Crippen LogP contribution in [0.1, 0.15) is 150 Å². The summed E-state index contributed by atoms with van der Waals surface area (Å²) in [5.74, 6) is -1.56. The number of carbonyl (C=O) groups is 5. The molecule has 0 radical (unpaired) electrons. The van der Waals surface area contributed by atoms with Crippen LogP contribution in [0.3, 0.4) is 0 Å². The van der Waals surface area contributed by atoms with Crippen LogP contribution in [0.2, 0.25) is 0 Å². The number of hydrogen-bond donors (Lipinski definition) is 0. The van der Waals surface area contributed by atoms with Gasteiger partial charge in [0.05, 0.1) is 38.9 Å². The van der Waals surface area contributed by atoms with E-state index in [1.54, 1.807) is 0 Å². The van der Waals surface area contributed by atoms with Crippen molar-refractivity contribution in [1.29, 1.82) is 0 Å².